The van der Waals surface area contributed by atoms with Crippen LogP contribution >= 0.6 is 0 Å². The van der Waals surface area contributed by atoms with Gasteiger partial charge >= 0.3 is 5.97 Å². The number of ether oxygens (including phenoxy) is 1. The molecule has 0 spiro atoms. The number of hydrogen-bond donors (Lipinski definition) is 1. The number of aliphatic hydroxyl groups excluding tert-OH is 1. The van der Waals surface area contributed by atoms with Gasteiger partial charge in [0.25, 0.3) is 0 Å². The van der Waals surface area contributed by atoms with Crippen LogP contribution in [-0.4, -0.2) is 29.8 Å². The van der Waals surface area contributed by atoms with Gasteiger partial charge in [-0.05, 0) is 12.5 Å². The van der Waals surface area contributed by atoms with Crippen LogP contribution < -0.4 is 0 Å². The standard InChI is InChI=1S/C16H16O5/c1-9(17)13-12(18)8-11(10-6-4-3-5-7-10)14(15(13)19)16(20)21-2/h3-7,11,14,19H,8H2,1-2H3/t11-,14+/m1/s1. The van der Waals surface area contributed by atoms with Crippen LogP contribution in [0.2, 0.25) is 0 Å². The highest BCUT2D eigenvalue weighted by Gasteiger charge is 2.43. The van der Waals surface area contributed by atoms with Crippen molar-refractivity contribution in [2.45, 2.75) is 19.3 Å². The summed E-state index contributed by atoms with van der Waals surface area (Å²) in [6.07, 6.45) is -0.0112. The first-order valence-corrected chi connectivity index (χ1v) is 6.57. The summed E-state index contributed by atoms with van der Waals surface area (Å²) in [4.78, 5) is 35.6. The molecule has 0 amide bonds. The van der Waals surface area contributed by atoms with Crippen LogP contribution in [0.15, 0.2) is 41.7 Å². The van der Waals surface area contributed by atoms with Crippen molar-refractivity contribution < 1.29 is 24.2 Å². The predicted octanol–water partition coefficient (Wildman–Crippen LogP) is 1.93. The largest absolute Gasteiger partial charge is 0.510 e. The molecule has 0 saturated heterocycles. The molecule has 110 valence electrons. The van der Waals surface area contributed by atoms with Crippen molar-refractivity contribution >= 4 is 17.5 Å². The third kappa shape index (κ3) is 2.72. The Balaban J connectivity index is 2.55. The van der Waals surface area contributed by atoms with E-state index in [1.165, 1.54) is 14.0 Å². The van der Waals surface area contributed by atoms with E-state index in [9.17, 15) is 19.5 Å². The van der Waals surface area contributed by atoms with Gasteiger partial charge in [0, 0.05) is 12.3 Å². The molecule has 1 N–H and O–H groups in total. The van der Waals surface area contributed by atoms with Gasteiger partial charge in [0.15, 0.2) is 11.6 Å². The zero-order chi connectivity index (χ0) is 15.6. The normalized spacial score (nSPS) is 22.1. The Labute approximate surface area is 122 Å². The molecule has 0 aromatic heterocycles. The van der Waals surface area contributed by atoms with E-state index in [1.807, 2.05) is 6.07 Å². The van der Waals surface area contributed by atoms with Crippen LogP contribution in [0.4, 0.5) is 0 Å². The van der Waals surface area contributed by atoms with Crippen LogP contribution in [0.5, 0.6) is 0 Å². The number of carbonyl (C=O) groups excluding carboxylic acids is 3. The van der Waals surface area contributed by atoms with Gasteiger partial charge in [-0.15, -0.1) is 0 Å². The van der Waals surface area contributed by atoms with Gasteiger partial charge in [0.1, 0.15) is 11.7 Å². The molecule has 5 nitrogen and oxygen atoms in total. The van der Waals surface area contributed by atoms with Crippen LogP contribution in [-0.2, 0) is 19.1 Å². The summed E-state index contributed by atoms with van der Waals surface area (Å²) in [5, 5.41) is 10.2. The molecule has 1 aromatic rings. The highest BCUT2D eigenvalue weighted by atomic mass is 16.5. The van der Waals surface area contributed by atoms with Crippen molar-refractivity contribution in [1.29, 1.82) is 0 Å². The summed E-state index contributed by atoms with van der Waals surface area (Å²) < 4.78 is 4.72. The number of hydrogen-bond acceptors (Lipinski definition) is 5. The van der Waals surface area contributed by atoms with Gasteiger partial charge in [0.2, 0.25) is 0 Å². The van der Waals surface area contributed by atoms with Gasteiger partial charge in [-0.25, -0.2) is 0 Å². The quantitative estimate of drug-likeness (QED) is 0.679. The second kappa shape index (κ2) is 5.91. The minimum Gasteiger partial charge on any atom is -0.510 e. The maximum absolute atomic E-state index is 12.1. The van der Waals surface area contributed by atoms with E-state index in [1.54, 1.807) is 24.3 Å². The Hall–Kier alpha value is -2.43. The molecule has 0 saturated carbocycles. The number of esters is 1. The zero-order valence-corrected chi connectivity index (χ0v) is 11.8. The van der Waals surface area contributed by atoms with Crippen molar-refractivity contribution in [3.8, 4) is 0 Å². The molecule has 0 bridgehead atoms. The summed E-state index contributed by atoms with van der Waals surface area (Å²) in [5.74, 6) is -3.71. The van der Waals surface area contributed by atoms with Gasteiger partial charge in [-0.2, -0.15) is 0 Å². The third-order valence-corrected chi connectivity index (χ3v) is 3.67. The smallest absolute Gasteiger partial charge is 0.317 e. The summed E-state index contributed by atoms with van der Waals surface area (Å²) in [5.41, 5.74) is 0.452. The van der Waals surface area contributed by atoms with Crippen LogP contribution in [0, 0.1) is 5.92 Å². The van der Waals surface area contributed by atoms with Crippen molar-refractivity contribution in [2.75, 3.05) is 7.11 Å². The summed E-state index contributed by atoms with van der Waals surface area (Å²) in [7, 11) is 1.21. The van der Waals surface area contributed by atoms with Crippen LogP contribution in [0.25, 0.3) is 0 Å². The van der Waals surface area contributed by atoms with Crippen molar-refractivity contribution in [2.24, 2.45) is 5.92 Å². The molecule has 1 aliphatic carbocycles. The van der Waals surface area contributed by atoms with E-state index in [2.05, 4.69) is 0 Å². The predicted molar refractivity (Wildman–Crippen MR) is 74.6 cm³/mol. The molecule has 2 atom stereocenters. The topological polar surface area (TPSA) is 80.7 Å². The molecule has 5 heteroatoms. The molecule has 2 rings (SSSR count). The molecule has 0 fully saturated rings. The number of carbonyl (C=O) groups is 3. The van der Waals surface area contributed by atoms with Gasteiger partial charge in [0.05, 0.1) is 12.7 Å². The summed E-state index contributed by atoms with van der Waals surface area (Å²) >= 11 is 0. The van der Waals surface area contributed by atoms with Crippen LogP contribution in [0.1, 0.15) is 24.8 Å². The Bertz CT molecular complexity index is 615. The average molecular weight is 288 g/mol. The molecule has 21 heavy (non-hydrogen) atoms. The molecular formula is C16H16O5. The lowest BCUT2D eigenvalue weighted by Crippen LogP contribution is -2.35. The Kier molecular flexibility index (Phi) is 4.21. The van der Waals surface area contributed by atoms with Gasteiger partial charge < -0.3 is 9.84 Å². The van der Waals surface area contributed by atoms with Crippen molar-refractivity contribution in [1.82, 2.24) is 0 Å². The Morgan fingerprint density at radius 1 is 1.24 bits per heavy atom. The average Bonchev–Trinajstić information content (AvgIpc) is 2.46. The molecule has 1 aliphatic rings. The highest BCUT2D eigenvalue weighted by Crippen LogP contribution is 2.39. The zero-order valence-electron chi connectivity index (χ0n) is 11.8. The number of benzene rings is 1. The second-order valence-corrected chi connectivity index (χ2v) is 4.96. The molecule has 1 aromatic carbocycles. The lowest BCUT2D eigenvalue weighted by Gasteiger charge is -2.29. The minimum atomic E-state index is -1.03. The number of allylic oxidation sites excluding steroid dienone is 1. The SMILES string of the molecule is COC(=O)[C@@H]1C(O)=C(C(C)=O)C(=O)C[C@@H]1c1ccccc1. The number of methoxy groups -OCH3 is 1. The van der Waals surface area contributed by atoms with E-state index in [4.69, 9.17) is 4.74 Å². The third-order valence-electron chi connectivity index (χ3n) is 3.67. The molecule has 0 unspecified atom stereocenters. The van der Waals surface area contributed by atoms with E-state index in [0.717, 1.165) is 5.56 Å². The van der Waals surface area contributed by atoms with Gasteiger partial charge in [-0.1, -0.05) is 30.3 Å². The number of ketones is 2. The number of Topliss-reactive ketones (excluding diaryl/α,β-unsaturated/α-hetero) is 2. The number of rotatable bonds is 3. The monoisotopic (exact) mass is 288 g/mol. The molecule has 0 aliphatic heterocycles. The Morgan fingerprint density at radius 2 is 1.86 bits per heavy atom. The first kappa shape index (κ1) is 15.0. The lowest BCUT2D eigenvalue weighted by molar-refractivity contribution is -0.146. The Morgan fingerprint density at radius 3 is 2.38 bits per heavy atom. The fraction of sp³-hybridized carbons (Fsp3) is 0.312. The first-order valence-electron chi connectivity index (χ1n) is 6.57. The summed E-state index contributed by atoms with van der Waals surface area (Å²) in [6.45, 7) is 1.20. The molecule has 0 heterocycles. The fourth-order valence-corrected chi connectivity index (χ4v) is 2.70. The lowest BCUT2D eigenvalue weighted by atomic mass is 9.74. The fourth-order valence-electron chi connectivity index (χ4n) is 2.70. The van der Waals surface area contributed by atoms with E-state index >= 15 is 0 Å². The maximum atomic E-state index is 12.1. The first-order chi connectivity index (χ1) is 9.97. The van der Waals surface area contributed by atoms with Crippen molar-refractivity contribution in [3.05, 3.63) is 47.2 Å². The summed E-state index contributed by atoms with van der Waals surface area (Å²) in [6, 6.07) is 8.95. The molecular weight excluding hydrogens is 272 g/mol. The number of aliphatic hydroxyl groups is 1. The van der Waals surface area contributed by atoms with E-state index in [-0.39, 0.29) is 12.0 Å². The minimum absolute atomic E-state index is 0.0112. The molecule has 0 radical (unpaired) electrons. The van der Waals surface area contributed by atoms with Crippen LogP contribution in [0.3, 0.4) is 0 Å². The second-order valence-electron chi connectivity index (χ2n) is 4.96. The maximum Gasteiger partial charge on any atom is 0.317 e. The van der Waals surface area contributed by atoms with E-state index < -0.39 is 35.1 Å². The highest BCUT2D eigenvalue weighted by molar-refractivity contribution is 6.21. The van der Waals surface area contributed by atoms with Gasteiger partial charge in [-0.3, -0.25) is 14.4 Å². The van der Waals surface area contributed by atoms with E-state index in [0.29, 0.717) is 0 Å². The van der Waals surface area contributed by atoms with Crippen molar-refractivity contribution in [3.63, 3.8) is 0 Å².